The Morgan fingerprint density at radius 2 is 2.10 bits per heavy atom. The average molecular weight is 300 g/mol. The summed E-state index contributed by atoms with van der Waals surface area (Å²) in [5.41, 5.74) is 9.58. The molecular formula is C15H16N4OS. The molecule has 108 valence electrons. The van der Waals surface area contributed by atoms with Crippen molar-refractivity contribution in [3.8, 4) is 5.75 Å². The van der Waals surface area contributed by atoms with E-state index >= 15 is 0 Å². The van der Waals surface area contributed by atoms with E-state index in [-0.39, 0.29) is 0 Å². The summed E-state index contributed by atoms with van der Waals surface area (Å²) in [5, 5.41) is 1.70. The second-order valence-electron chi connectivity index (χ2n) is 4.69. The molecule has 1 aromatic carbocycles. The number of aromatic amines is 1. The van der Waals surface area contributed by atoms with E-state index in [9.17, 15) is 0 Å². The van der Waals surface area contributed by atoms with Crippen LogP contribution in [0.5, 0.6) is 5.75 Å². The van der Waals surface area contributed by atoms with Crippen LogP contribution in [0.2, 0.25) is 0 Å². The first-order valence-corrected chi connectivity index (χ1v) is 7.39. The molecule has 2 aromatic heterocycles. The number of hydrogen-bond acceptors (Lipinski definition) is 5. The SMILES string of the molecule is COc1ccc2nc(Sc3cc(CN)cc(C)n3)[nH]c2c1. The van der Waals surface area contributed by atoms with E-state index in [2.05, 4.69) is 15.0 Å². The van der Waals surface area contributed by atoms with Crippen molar-refractivity contribution in [3.05, 3.63) is 41.6 Å². The quantitative estimate of drug-likeness (QED) is 0.774. The number of rotatable bonds is 4. The molecular weight excluding hydrogens is 284 g/mol. The molecule has 3 rings (SSSR count). The van der Waals surface area contributed by atoms with Crippen molar-refractivity contribution in [1.29, 1.82) is 0 Å². The van der Waals surface area contributed by atoms with Gasteiger partial charge in [0, 0.05) is 18.3 Å². The highest BCUT2D eigenvalue weighted by molar-refractivity contribution is 7.99. The van der Waals surface area contributed by atoms with Gasteiger partial charge >= 0.3 is 0 Å². The molecule has 0 bridgehead atoms. The number of hydrogen-bond donors (Lipinski definition) is 2. The smallest absolute Gasteiger partial charge is 0.172 e. The summed E-state index contributed by atoms with van der Waals surface area (Å²) in [6, 6.07) is 9.75. The monoisotopic (exact) mass is 300 g/mol. The molecule has 0 unspecified atom stereocenters. The van der Waals surface area contributed by atoms with Crippen LogP contribution in [-0.4, -0.2) is 22.1 Å². The van der Waals surface area contributed by atoms with E-state index in [1.54, 1.807) is 7.11 Å². The van der Waals surface area contributed by atoms with Gasteiger partial charge in [0.1, 0.15) is 10.8 Å². The molecule has 0 atom stereocenters. The molecule has 0 aliphatic heterocycles. The topological polar surface area (TPSA) is 76.8 Å². The van der Waals surface area contributed by atoms with E-state index in [0.29, 0.717) is 6.54 Å². The second-order valence-corrected chi connectivity index (χ2v) is 5.70. The number of fused-ring (bicyclic) bond motifs is 1. The number of imidazole rings is 1. The van der Waals surface area contributed by atoms with Gasteiger partial charge in [-0.1, -0.05) is 0 Å². The van der Waals surface area contributed by atoms with Crippen molar-refractivity contribution in [2.75, 3.05) is 7.11 Å². The summed E-state index contributed by atoms with van der Waals surface area (Å²) in [6.07, 6.45) is 0. The molecule has 6 heteroatoms. The van der Waals surface area contributed by atoms with Gasteiger partial charge in [0.25, 0.3) is 0 Å². The number of nitrogens with zero attached hydrogens (tertiary/aromatic N) is 2. The summed E-state index contributed by atoms with van der Waals surface area (Å²) >= 11 is 1.50. The molecule has 5 nitrogen and oxygen atoms in total. The number of nitrogens with one attached hydrogen (secondary N) is 1. The summed E-state index contributed by atoms with van der Waals surface area (Å²) in [6.45, 7) is 2.47. The molecule has 0 saturated carbocycles. The van der Waals surface area contributed by atoms with E-state index in [4.69, 9.17) is 10.5 Å². The number of methoxy groups -OCH3 is 1. The molecule has 0 aliphatic rings. The lowest BCUT2D eigenvalue weighted by Crippen LogP contribution is -1.98. The Labute approximate surface area is 126 Å². The van der Waals surface area contributed by atoms with Crippen LogP contribution in [0, 0.1) is 6.92 Å². The average Bonchev–Trinajstić information content (AvgIpc) is 2.87. The summed E-state index contributed by atoms with van der Waals surface area (Å²) in [4.78, 5) is 12.3. The van der Waals surface area contributed by atoms with Crippen LogP contribution in [0.25, 0.3) is 11.0 Å². The molecule has 3 aromatic rings. The fourth-order valence-electron chi connectivity index (χ4n) is 2.12. The molecule has 0 fully saturated rings. The van der Waals surface area contributed by atoms with Gasteiger partial charge in [-0.25, -0.2) is 9.97 Å². The lowest BCUT2D eigenvalue weighted by molar-refractivity contribution is 0.415. The molecule has 21 heavy (non-hydrogen) atoms. The first-order valence-electron chi connectivity index (χ1n) is 6.57. The lowest BCUT2D eigenvalue weighted by Gasteiger charge is -2.03. The Bertz CT molecular complexity index is 784. The van der Waals surface area contributed by atoms with Gasteiger partial charge in [0.05, 0.1) is 18.1 Å². The van der Waals surface area contributed by atoms with E-state index in [0.717, 1.165) is 38.2 Å². The highest BCUT2D eigenvalue weighted by Crippen LogP contribution is 2.28. The summed E-state index contributed by atoms with van der Waals surface area (Å²) in [7, 11) is 1.65. The number of nitrogens with two attached hydrogens (primary N) is 1. The van der Waals surface area contributed by atoms with E-state index in [1.807, 2.05) is 37.3 Å². The van der Waals surface area contributed by atoms with E-state index < -0.39 is 0 Å². The van der Waals surface area contributed by atoms with Crippen LogP contribution in [-0.2, 0) is 6.54 Å². The van der Waals surface area contributed by atoms with Crippen LogP contribution in [0.15, 0.2) is 40.5 Å². The first kappa shape index (κ1) is 13.9. The van der Waals surface area contributed by atoms with Gasteiger partial charge in [-0.05, 0) is 48.5 Å². The third kappa shape index (κ3) is 3.01. The number of H-pyrrole nitrogens is 1. The van der Waals surface area contributed by atoms with Gasteiger partial charge in [-0.2, -0.15) is 0 Å². The van der Waals surface area contributed by atoms with Crippen LogP contribution >= 0.6 is 11.8 Å². The van der Waals surface area contributed by atoms with Crippen molar-refractivity contribution in [2.24, 2.45) is 5.73 Å². The Hall–Kier alpha value is -2.05. The molecule has 0 aliphatic carbocycles. The highest BCUT2D eigenvalue weighted by Gasteiger charge is 2.08. The maximum Gasteiger partial charge on any atom is 0.172 e. The predicted molar refractivity (Wildman–Crippen MR) is 83.6 cm³/mol. The minimum atomic E-state index is 0.508. The van der Waals surface area contributed by atoms with Crippen LogP contribution in [0.4, 0.5) is 0 Å². The van der Waals surface area contributed by atoms with Gasteiger partial charge in [-0.3, -0.25) is 0 Å². The van der Waals surface area contributed by atoms with Gasteiger partial charge in [0.15, 0.2) is 5.16 Å². The van der Waals surface area contributed by atoms with Crippen molar-refractivity contribution in [2.45, 2.75) is 23.7 Å². The third-order valence-electron chi connectivity index (χ3n) is 3.09. The van der Waals surface area contributed by atoms with Crippen LogP contribution in [0.3, 0.4) is 0 Å². The molecule has 2 heterocycles. The van der Waals surface area contributed by atoms with Gasteiger partial charge in [0.2, 0.25) is 0 Å². The number of aryl methyl sites for hydroxylation is 1. The van der Waals surface area contributed by atoms with E-state index in [1.165, 1.54) is 11.8 Å². The zero-order valence-corrected chi connectivity index (χ0v) is 12.7. The maximum absolute atomic E-state index is 5.70. The minimum Gasteiger partial charge on any atom is -0.497 e. The normalized spacial score (nSPS) is 11.0. The first-order chi connectivity index (χ1) is 10.2. The zero-order valence-electron chi connectivity index (χ0n) is 11.9. The minimum absolute atomic E-state index is 0.508. The molecule has 0 saturated heterocycles. The molecule has 0 amide bonds. The van der Waals surface area contributed by atoms with Crippen molar-refractivity contribution in [3.63, 3.8) is 0 Å². The summed E-state index contributed by atoms with van der Waals surface area (Å²) in [5.74, 6) is 0.807. The lowest BCUT2D eigenvalue weighted by atomic mass is 10.2. The van der Waals surface area contributed by atoms with Gasteiger partial charge < -0.3 is 15.5 Å². The standard InChI is InChI=1S/C15H16N4OS/c1-9-5-10(8-16)6-14(17-9)21-15-18-12-4-3-11(20-2)7-13(12)19-15/h3-7H,8,16H2,1-2H3,(H,18,19). The van der Waals surface area contributed by atoms with Crippen molar-refractivity contribution < 1.29 is 4.74 Å². The Kier molecular flexibility index (Phi) is 3.81. The summed E-state index contributed by atoms with van der Waals surface area (Å²) < 4.78 is 5.22. The number of benzene rings is 1. The Morgan fingerprint density at radius 3 is 2.86 bits per heavy atom. The second kappa shape index (κ2) is 5.75. The fourth-order valence-corrected chi connectivity index (χ4v) is 3.02. The zero-order chi connectivity index (χ0) is 14.8. The predicted octanol–water partition coefficient (Wildman–Crippen LogP) is 2.88. The molecule has 3 N–H and O–H groups in total. The fraction of sp³-hybridized carbons (Fsp3) is 0.200. The largest absolute Gasteiger partial charge is 0.497 e. The maximum atomic E-state index is 5.70. The Morgan fingerprint density at radius 1 is 1.24 bits per heavy atom. The van der Waals surface area contributed by atoms with Gasteiger partial charge in [-0.15, -0.1) is 0 Å². The number of aromatic nitrogens is 3. The Balaban J connectivity index is 1.92. The third-order valence-corrected chi connectivity index (χ3v) is 3.90. The number of ether oxygens (including phenoxy) is 1. The van der Waals surface area contributed by atoms with Crippen LogP contribution in [0.1, 0.15) is 11.3 Å². The highest BCUT2D eigenvalue weighted by atomic mass is 32.2. The van der Waals surface area contributed by atoms with Crippen molar-refractivity contribution >= 4 is 22.8 Å². The van der Waals surface area contributed by atoms with Crippen molar-refractivity contribution in [1.82, 2.24) is 15.0 Å². The number of pyridine rings is 1. The molecule has 0 spiro atoms. The van der Waals surface area contributed by atoms with Crippen LogP contribution < -0.4 is 10.5 Å². The molecule has 0 radical (unpaired) electrons.